The number of hydrogen-bond acceptors (Lipinski definition) is 10. The minimum Gasteiger partial charge on any atom is -0.507 e. The number of nitrogens with one attached hydrogen (secondary N) is 2. The molecule has 4 aromatic carbocycles. The second-order valence-corrected chi connectivity index (χ2v) is 8.87. The molecule has 6 N–H and O–H groups in total. The van der Waals surface area contributed by atoms with Gasteiger partial charge in [0.15, 0.2) is 0 Å². The van der Waals surface area contributed by atoms with E-state index in [2.05, 4.69) is 10.6 Å². The highest BCUT2D eigenvalue weighted by molar-refractivity contribution is 6.33. The molecule has 5 rings (SSSR count). The highest BCUT2D eigenvalue weighted by Gasteiger charge is 2.38. The Morgan fingerprint density at radius 3 is 1.25 bits per heavy atom. The predicted octanol–water partition coefficient (Wildman–Crippen LogP) is 4.10. The quantitative estimate of drug-likeness (QED) is 0.142. The first-order chi connectivity index (χ1) is 19.4. The predicted molar refractivity (Wildman–Crippen MR) is 148 cm³/mol. The third-order valence-electron chi connectivity index (χ3n) is 6.26. The Kier molecular flexibility index (Phi) is 7.54. The van der Waals surface area contributed by atoms with Gasteiger partial charge in [0.05, 0.1) is 46.8 Å². The minimum absolute atomic E-state index is 0.0342. The summed E-state index contributed by atoms with van der Waals surface area (Å²) in [5.74, 6) is -0.974. The summed E-state index contributed by atoms with van der Waals surface area (Å²) in [5, 5.41) is 45.2. The van der Waals surface area contributed by atoms with Gasteiger partial charge in [0.25, 0.3) is 0 Å². The topological polar surface area (TPSA) is 158 Å². The van der Waals surface area contributed by atoms with Crippen LogP contribution in [-0.2, 0) is 0 Å². The lowest BCUT2D eigenvalue weighted by molar-refractivity contribution is 0.0975. The molecule has 4 aromatic rings. The standard InChI is InChI=1S/C30H26N2O8/c33-13-15-39-19-5-1-17(2-6-19)31-21-9-10-22(32-18-3-7-20(8-4-18)40-16-14-34)26-25(21)29(37)27-23(35)11-12-24(36)28(27)30(26)38/h1-12,31-36H,13-16H2. The van der Waals surface area contributed by atoms with Gasteiger partial charge in [0.2, 0.25) is 11.6 Å². The lowest BCUT2D eigenvalue weighted by Crippen LogP contribution is -2.24. The SMILES string of the molecule is O=C1c2c(O)ccc(O)c2C(=O)c2c(Nc3ccc(OCCO)cc3)ccc(Nc3ccc(OCCO)cc3)c21. The van der Waals surface area contributed by atoms with Crippen LogP contribution in [0.1, 0.15) is 31.8 Å². The first kappa shape index (κ1) is 26.5. The molecular weight excluding hydrogens is 516 g/mol. The van der Waals surface area contributed by atoms with Gasteiger partial charge in [-0.25, -0.2) is 0 Å². The van der Waals surface area contributed by atoms with E-state index in [0.29, 0.717) is 34.2 Å². The molecule has 204 valence electrons. The molecule has 0 aliphatic heterocycles. The summed E-state index contributed by atoms with van der Waals surface area (Å²) in [6.45, 7) is 0.0708. The van der Waals surface area contributed by atoms with Crippen molar-refractivity contribution < 1.29 is 39.5 Å². The number of hydrogen-bond donors (Lipinski definition) is 6. The molecule has 0 atom stereocenters. The molecule has 0 unspecified atom stereocenters. The van der Waals surface area contributed by atoms with Crippen LogP contribution in [0.3, 0.4) is 0 Å². The molecule has 0 aromatic heterocycles. The zero-order chi connectivity index (χ0) is 28.2. The van der Waals surface area contributed by atoms with Gasteiger partial charge < -0.3 is 40.5 Å². The van der Waals surface area contributed by atoms with Crippen molar-refractivity contribution in [3.05, 3.63) is 95.1 Å². The molecule has 0 radical (unpaired) electrons. The number of ether oxygens (including phenoxy) is 2. The van der Waals surface area contributed by atoms with Gasteiger partial charge in [-0.2, -0.15) is 0 Å². The fraction of sp³-hybridized carbons (Fsp3) is 0.133. The zero-order valence-electron chi connectivity index (χ0n) is 21.2. The molecule has 1 aliphatic carbocycles. The van der Waals surface area contributed by atoms with Crippen LogP contribution in [0.5, 0.6) is 23.0 Å². The van der Waals surface area contributed by atoms with Gasteiger partial charge >= 0.3 is 0 Å². The summed E-state index contributed by atoms with van der Waals surface area (Å²) in [4.78, 5) is 27.6. The first-order valence-corrected chi connectivity index (χ1v) is 12.4. The van der Waals surface area contributed by atoms with E-state index in [1.54, 1.807) is 60.7 Å². The average molecular weight is 543 g/mol. The number of rotatable bonds is 10. The molecule has 0 heterocycles. The van der Waals surface area contributed by atoms with Crippen molar-refractivity contribution >= 4 is 34.3 Å². The van der Waals surface area contributed by atoms with Gasteiger partial charge in [-0.15, -0.1) is 0 Å². The Hall–Kier alpha value is -5.06. The van der Waals surface area contributed by atoms with Crippen LogP contribution in [0.2, 0.25) is 0 Å². The van der Waals surface area contributed by atoms with Crippen LogP contribution < -0.4 is 20.1 Å². The van der Waals surface area contributed by atoms with Crippen LogP contribution in [0, 0.1) is 0 Å². The number of carbonyl (C=O) groups excluding carboxylic acids is 2. The highest BCUT2D eigenvalue weighted by atomic mass is 16.5. The summed E-state index contributed by atoms with van der Waals surface area (Å²) >= 11 is 0. The number of phenols is 2. The number of fused-ring (bicyclic) bond motifs is 2. The van der Waals surface area contributed by atoms with Crippen LogP contribution in [0.4, 0.5) is 22.7 Å². The van der Waals surface area contributed by atoms with Crippen molar-refractivity contribution in [3.8, 4) is 23.0 Å². The number of phenolic OH excluding ortho intramolecular Hbond substituents is 2. The van der Waals surface area contributed by atoms with Crippen molar-refractivity contribution in [3.63, 3.8) is 0 Å². The van der Waals surface area contributed by atoms with Crippen LogP contribution in [0.25, 0.3) is 0 Å². The second kappa shape index (κ2) is 11.4. The Labute approximate surface area is 229 Å². The zero-order valence-corrected chi connectivity index (χ0v) is 21.2. The van der Waals surface area contributed by atoms with Crippen molar-refractivity contribution in [2.45, 2.75) is 0 Å². The number of anilines is 4. The van der Waals surface area contributed by atoms with E-state index in [1.165, 1.54) is 12.1 Å². The Bertz CT molecular complexity index is 1450. The molecule has 0 fully saturated rings. The number of carbonyl (C=O) groups is 2. The van der Waals surface area contributed by atoms with Crippen LogP contribution in [0.15, 0.2) is 72.8 Å². The van der Waals surface area contributed by atoms with Crippen molar-refractivity contribution in [1.29, 1.82) is 0 Å². The number of aliphatic hydroxyl groups is 2. The maximum absolute atomic E-state index is 13.8. The van der Waals surface area contributed by atoms with Gasteiger partial charge in [-0.05, 0) is 72.8 Å². The normalized spacial score (nSPS) is 11.9. The molecule has 40 heavy (non-hydrogen) atoms. The second-order valence-electron chi connectivity index (χ2n) is 8.87. The molecular formula is C30H26N2O8. The lowest BCUT2D eigenvalue weighted by Gasteiger charge is -2.25. The maximum Gasteiger partial charge on any atom is 0.200 e. The van der Waals surface area contributed by atoms with Crippen molar-refractivity contribution in [2.24, 2.45) is 0 Å². The molecule has 0 saturated heterocycles. The summed E-state index contributed by atoms with van der Waals surface area (Å²) in [6.07, 6.45) is 0. The molecule has 0 saturated carbocycles. The first-order valence-electron chi connectivity index (χ1n) is 12.4. The summed E-state index contributed by atoms with van der Waals surface area (Å²) in [7, 11) is 0. The Morgan fingerprint density at radius 2 is 0.900 bits per heavy atom. The fourth-order valence-electron chi connectivity index (χ4n) is 4.48. The Balaban J connectivity index is 1.56. The summed E-state index contributed by atoms with van der Waals surface area (Å²) in [5.41, 5.74) is 1.38. The monoisotopic (exact) mass is 542 g/mol. The smallest absolute Gasteiger partial charge is 0.200 e. The average Bonchev–Trinajstić information content (AvgIpc) is 2.97. The van der Waals surface area contributed by atoms with Crippen LogP contribution in [-0.4, -0.2) is 58.4 Å². The molecule has 1 aliphatic rings. The summed E-state index contributed by atoms with van der Waals surface area (Å²) < 4.78 is 10.8. The van der Waals surface area contributed by atoms with Gasteiger partial charge in [0, 0.05) is 11.4 Å². The third kappa shape index (κ3) is 5.13. The summed E-state index contributed by atoms with van der Waals surface area (Å²) in [6, 6.07) is 19.3. The molecule has 0 amide bonds. The van der Waals surface area contributed by atoms with E-state index in [1.807, 2.05) is 0 Å². The highest BCUT2D eigenvalue weighted by Crippen LogP contribution is 2.43. The Morgan fingerprint density at radius 1 is 0.525 bits per heavy atom. The fourth-order valence-corrected chi connectivity index (χ4v) is 4.48. The van der Waals surface area contributed by atoms with E-state index in [-0.39, 0.29) is 48.7 Å². The minimum atomic E-state index is -0.625. The molecule has 10 heteroatoms. The van der Waals surface area contributed by atoms with E-state index in [4.69, 9.17) is 19.7 Å². The molecule has 0 spiro atoms. The van der Waals surface area contributed by atoms with E-state index in [0.717, 1.165) is 0 Å². The van der Waals surface area contributed by atoms with Gasteiger partial charge in [-0.1, -0.05) is 0 Å². The van der Waals surface area contributed by atoms with Gasteiger partial charge in [-0.3, -0.25) is 9.59 Å². The van der Waals surface area contributed by atoms with Crippen molar-refractivity contribution in [1.82, 2.24) is 0 Å². The number of aliphatic hydroxyl groups excluding tert-OH is 2. The van der Waals surface area contributed by atoms with E-state index < -0.39 is 23.1 Å². The largest absolute Gasteiger partial charge is 0.507 e. The molecule has 0 bridgehead atoms. The van der Waals surface area contributed by atoms with E-state index in [9.17, 15) is 19.8 Å². The van der Waals surface area contributed by atoms with Crippen molar-refractivity contribution in [2.75, 3.05) is 37.1 Å². The van der Waals surface area contributed by atoms with E-state index >= 15 is 0 Å². The number of aromatic hydroxyl groups is 2. The lowest BCUT2D eigenvalue weighted by atomic mass is 9.81. The number of ketones is 2. The number of benzene rings is 4. The van der Waals surface area contributed by atoms with Gasteiger partial charge in [0.1, 0.15) is 36.2 Å². The maximum atomic E-state index is 13.8. The molecule has 10 nitrogen and oxygen atoms in total. The third-order valence-corrected chi connectivity index (χ3v) is 6.26. The van der Waals surface area contributed by atoms with Crippen LogP contribution >= 0.6 is 0 Å².